The van der Waals surface area contributed by atoms with Gasteiger partial charge in [0, 0.05) is 0 Å². The van der Waals surface area contributed by atoms with Gasteiger partial charge in [0.1, 0.15) is 5.92 Å². The third kappa shape index (κ3) is 4.15. The fraction of sp³-hybridized carbons (Fsp3) is 0.857. The summed E-state index contributed by atoms with van der Waals surface area (Å²) in [7, 11) is 0. The molecule has 1 unspecified atom stereocenters. The number of rotatable bonds is 1. The third-order valence-corrected chi connectivity index (χ3v) is 1.60. The van der Waals surface area contributed by atoms with E-state index in [-0.39, 0.29) is 12.4 Å². The molecule has 0 aliphatic rings. The average Bonchev–Trinajstić information content (AvgIpc) is 1.80. The molecule has 7 heteroatoms. The molecule has 0 rings (SSSR count). The van der Waals surface area contributed by atoms with Gasteiger partial charge in [-0.25, -0.2) is 5.84 Å². The first-order valence-corrected chi connectivity index (χ1v) is 3.68. The van der Waals surface area contributed by atoms with Crippen molar-refractivity contribution in [1.82, 2.24) is 5.43 Å². The number of carbonyl (C=O) groups is 1. The molecule has 0 heterocycles. The summed E-state index contributed by atoms with van der Waals surface area (Å²) < 4.78 is 37.0. The minimum atomic E-state index is -4.57. The van der Waals surface area contributed by atoms with Crippen LogP contribution in [0.15, 0.2) is 0 Å². The molecular formula is C7H14ClF3N2O. The van der Waals surface area contributed by atoms with Crippen molar-refractivity contribution < 1.29 is 18.0 Å². The fourth-order valence-corrected chi connectivity index (χ4v) is 1.12. The summed E-state index contributed by atoms with van der Waals surface area (Å²) in [5.41, 5.74) is 0.326. The number of hydrazine groups is 1. The van der Waals surface area contributed by atoms with Gasteiger partial charge in [0.25, 0.3) is 0 Å². The number of nitrogens with one attached hydrogen (secondary N) is 1. The fourth-order valence-electron chi connectivity index (χ4n) is 1.12. The van der Waals surface area contributed by atoms with Gasteiger partial charge in [0.15, 0.2) is 0 Å². The Balaban J connectivity index is 0. The SMILES string of the molecule is CC(C)(C)C(C(=O)NN)C(F)(F)F.Cl. The van der Waals surface area contributed by atoms with E-state index < -0.39 is 23.4 Å². The molecule has 1 amide bonds. The maximum Gasteiger partial charge on any atom is 0.401 e. The Morgan fingerprint density at radius 1 is 1.29 bits per heavy atom. The van der Waals surface area contributed by atoms with Crippen molar-refractivity contribution in [3.63, 3.8) is 0 Å². The van der Waals surface area contributed by atoms with E-state index in [1.807, 2.05) is 0 Å². The molecule has 0 saturated heterocycles. The van der Waals surface area contributed by atoms with Gasteiger partial charge in [-0.15, -0.1) is 12.4 Å². The van der Waals surface area contributed by atoms with Crippen LogP contribution in [0.25, 0.3) is 0 Å². The van der Waals surface area contributed by atoms with Crippen LogP contribution in [0, 0.1) is 11.3 Å². The topological polar surface area (TPSA) is 55.1 Å². The molecule has 0 aliphatic carbocycles. The Kier molecular flexibility index (Phi) is 5.51. The number of alkyl halides is 3. The number of carbonyl (C=O) groups excluding carboxylic acids is 1. The number of amides is 1. The lowest BCUT2D eigenvalue weighted by molar-refractivity contribution is -0.202. The molecule has 3 N–H and O–H groups in total. The van der Waals surface area contributed by atoms with Crippen molar-refractivity contribution >= 4 is 18.3 Å². The van der Waals surface area contributed by atoms with Crippen molar-refractivity contribution in [3.8, 4) is 0 Å². The summed E-state index contributed by atoms with van der Waals surface area (Å²) in [5, 5.41) is 0. The quantitative estimate of drug-likeness (QED) is 0.412. The van der Waals surface area contributed by atoms with Crippen molar-refractivity contribution in [2.45, 2.75) is 26.9 Å². The van der Waals surface area contributed by atoms with E-state index in [0.29, 0.717) is 0 Å². The lowest BCUT2D eigenvalue weighted by atomic mass is 9.80. The van der Waals surface area contributed by atoms with Crippen molar-refractivity contribution in [2.75, 3.05) is 0 Å². The number of nitrogens with two attached hydrogens (primary N) is 1. The first-order valence-electron chi connectivity index (χ1n) is 3.68. The standard InChI is InChI=1S/C7H13F3N2O.ClH/c1-6(2,3)4(5(13)12-11)7(8,9)10;/h4H,11H2,1-3H3,(H,12,13);1H. The normalized spacial score (nSPS) is 14.2. The Morgan fingerprint density at radius 2 is 1.64 bits per heavy atom. The van der Waals surface area contributed by atoms with Crippen molar-refractivity contribution in [2.24, 2.45) is 17.2 Å². The van der Waals surface area contributed by atoms with Crippen LogP contribution < -0.4 is 11.3 Å². The van der Waals surface area contributed by atoms with Crippen molar-refractivity contribution in [3.05, 3.63) is 0 Å². The molecule has 0 aromatic rings. The summed E-state index contributed by atoms with van der Waals surface area (Å²) in [6.07, 6.45) is -4.57. The molecule has 0 spiro atoms. The van der Waals surface area contributed by atoms with E-state index in [9.17, 15) is 18.0 Å². The number of halogens is 4. The van der Waals surface area contributed by atoms with E-state index in [2.05, 4.69) is 5.84 Å². The summed E-state index contributed by atoms with van der Waals surface area (Å²) in [6, 6.07) is 0. The predicted molar refractivity (Wildman–Crippen MR) is 48.6 cm³/mol. The molecule has 86 valence electrons. The molecule has 0 radical (unpaired) electrons. The second-order valence-electron chi connectivity index (χ2n) is 3.85. The molecule has 0 bridgehead atoms. The van der Waals surface area contributed by atoms with E-state index in [0.717, 1.165) is 0 Å². The predicted octanol–water partition coefficient (Wildman–Crippen LogP) is 1.62. The molecule has 1 atom stereocenters. The molecule has 0 aromatic heterocycles. The lowest BCUT2D eigenvalue weighted by Gasteiger charge is -2.30. The van der Waals surface area contributed by atoms with Gasteiger partial charge in [-0.05, 0) is 5.41 Å². The average molecular weight is 235 g/mol. The van der Waals surface area contributed by atoms with Crippen LogP contribution in [-0.4, -0.2) is 12.1 Å². The van der Waals surface area contributed by atoms with Gasteiger partial charge in [-0.2, -0.15) is 13.2 Å². The van der Waals surface area contributed by atoms with E-state index in [1.165, 1.54) is 26.2 Å². The molecule has 3 nitrogen and oxygen atoms in total. The van der Waals surface area contributed by atoms with E-state index in [1.54, 1.807) is 0 Å². The van der Waals surface area contributed by atoms with Gasteiger partial charge in [-0.3, -0.25) is 10.2 Å². The zero-order valence-electron chi connectivity index (χ0n) is 8.11. The van der Waals surface area contributed by atoms with Gasteiger partial charge in [-0.1, -0.05) is 20.8 Å². The first-order chi connectivity index (χ1) is 5.60. The summed E-state index contributed by atoms with van der Waals surface area (Å²) >= 11 is 0. The van der Waals surface area contributed by atoms with E-state index >= 15 is 0 Å². The van der Waals surface area contributed by atoms with Crippen LogP contribution in [-0.2, 0) is 4.79 Å². The Hall–Kier alpha value is -0.490. The van der Waals surface area contributed by atoms with Gasteiger partial charge >= 0.3 is 6.18 Å². The highest BCUT2D eigenvalue weighted by Gasteiger charge is 2.51. The van der Waals surface area contributed by atoms with Crippen LogP contribution in [0.3, 0.4) is 0 Å². The summed E-state index contributed by atoms with van der Waals surface area (Å²) in [5.74, 6) is 1.38. The molecule has 14 heavy (non-hydrogen) atoms. The third-order valence-electron chi connectivity index (χ3n) is 1.60. The van der Waals surface area contributed by atoms with Crippen LogP contribution in [0.4, 0.5) is 13.2 Å². The molecular weight excluding hydrogens is 221 g/mol. The Bertz CT molecular complexity index is 186. The van der Waals surface area contributed by atoms with Crippen LogP contribution in [0.5, 0.6) is 0 Å². The van der Waals surface area contributed by atoms with Crippen LogP contribution >= 0.6 is 12.4 Å². The largest absolute Gasteiger partial charge is 0.401 e. The second-order valence-corrected chi connectivity index (χ2v) is 3.85. The Morgan fingerprint density at radius 3 is 1.71 bits per heavy atom. The summed E-state index contributed by atoms with van der Waals surface area (Å²) in [6.45, 7) is 4.00. The number of hydrogen-bond donors (Lipinski definition) is 2. The summed E-state index contributed by atoms with van der Waals surface area (Å²) in [4.78, 5) is 10.8. The molecule has 0 aromatic carbocycles. The van der Waals surface area contributed by atoms with Gasteiger partial charge in [0.05, 0.1) is 0 Å². The zero-order chi connectivity index (χ0) is 10.9. The monoisotopic (exact) mass is 234 g/mol. The first kappa shape index (κ1) is 16.0. The lowest BCUT2D eigenvalue weighted by Crippen LogP contribution is -2.48. The van der Waals surface area contributed by atoms with Crippen LogP contribution in [0.1, 0.15) is 20.8 Å². The zero-order valence-corrected chi connectivity index (χ0v) is 8.92. The highest BCUT2D eigenvalue weighted by atomic mass is 35.5. The molecule has 0 aliphatic heterocycles. The minimum absolute atomic E-state index is 0. The maximum atomic E-state index is 12.3. The second kappa shape index (κ2) is 4.84. The smallest absolute Gasteiger partial charge is 0.294 e. The molecule has 0 fully saturated rings. The Labute approximate surface area is 86.6 Å². The highest BCUT2D eigenvalue weighted by Crippen LogP contribution is 2.39. The van der Waals surface area contributed by atoms with Gasteiger partial charge in [0.2, 0.25) is 5.91 Å². The van der Waals surface area contributed by atoms with Gasteiger partial charge < -0.3 is 0 Å². The highest BCUT2D eigenvalue weighted by molar-refractivity contribution is 5.85. The number of hydrogen-bond acceptors (Lipinski definition) is 2. The maximum absolute atomic E-state index is 12.3. The minimum Gasteiger partial charge on any atom is -0.294 e. The molecule has 0 saturated carbocycles. The van der Waals surface area contributed by atoms with Crippen molar-refractivity contribution in [1.29, 1.82) is 0 Å². The van der Waals surface area contributed by atoms with Crippen LogP contribution in [0.2, 0.25) is 0 Å². The van der Waals surface area contributed by atoms with E-state index in [4.69, 9.17) is 0 Å².